The van der Waals surface area contributed by atoms with Gasteiger partial charge in [-0.2, -0.15) is 0 Å². The molecule has 0 aliphatic carbocycles. The number of anilines is 2. The molecule has 2 aromatic rings. The lowest BCUT2D eigenvalue weighted by Crippen LogP contribution is -2.37. The number of carbonyl (C=O) groups is 2. The predicted octanol–water partition coefficient (Wildman–Crippen LogP) is 3.68. The first-order chi connectivity index (χ1) is 12.2. The highest BCUT2D eigenvalue weighted by molar-refractivity contribution is 6.00. The number of rotatable bonds is 5. The highest BCUT2D eigenvalue weighted by Gasteiger charge is 2.29. The third kappa shape index (κ3) is 4.17. The second kappa shape index (κ2) is 7.95. The number of ether oxygens (including phenoxy) is 1. The van der Waals surface area contributed by atoms with Crippen LogP contribution in [0.1, 0.15) is 29.8 Å². The van der Waals surface area contributed by atoms with E-state index < -0.39 is 41.1 Å². The lowest BCUT2D eigenvalue weighted by atomic mass is 10.1. The van der Waals surface area contributed by atoms with Crippen molar-refractivity contribution in [2.75, 3.05) is 11.1 Å². The van der Waals surface area contributed by atoms with Crippen molar-refractivity contribution in [3.05, 3.63) is 59.2 Å². The third-order valence-electron chi connectivity index (χ3n) is 3.85. The van der Waals surface area contributed by atoms with E-state index in [0.717, 1.165) is 6.07 Å². The number of hydrogen-bond acceptors (Lipinski definition) is 4. The standard InChI is InChI=1S/C19H20F2N2O3/c1-10(2)17(18(24)23-14-7-5-4-6-12(14)20)26-19(25)15-13(21)9-8-11(3)16(15)22/h4-10,17H,22H2,1-3H3,(H,23,24)/t17-/m1/s1. The summed E-state index contributed by atoms with van der Waals surface area (Å²) < 4.78 is 32.9. The van der Waals surface area contributed by atoms with Crippen LogP contribution in [-0.4, -0.2) is 18.0 Å². The Morgan fingerprint density at radius 3 is 2.35 bits per heavy atom. The van der Waals surface area contributed by atoms with Crippen molar-refractivity contribution >= 4 is 23.3 Å². The van der Waals surface area contributed by atoms with Gasteiger partial charge in [0.25, 0.3) is 5.91 Å². The lowest BCUT2D eigenvalue weighted by molar-refractivity contribution is -0.126. The lowest BCUT2D eigenvalue weighted by Gasteiger charge is -2.21. The van der Waals surface area contributed by atoms with Gasteiger partial charge in [-0.15, -0.1) is 0 Å². The Morgan fingerprint density at radius 1 is 1.08 bits per heavy atom. The number of nitrogens with one attached hydrogen (secondary N) is 1. The zero-order chi connectivity index (χ0) is 19.4. The van der Waals surface area contributed by atoms with E-state index in [9.17, 15) is 18.4 Å². The number of halogens is 2. The summed E-state index contributed by atoms with van der Waals surface area (Å²) in [6, 6.07) is 8.14. The van der Waals surface area contributed by atoms with Crippen molar-refractivity contribution in [1.29, 1.82) is 0 Å². The van der Waals surface area contributed by atoms with Gasteiger partial charge in [-0.25, -0.2) is 13.6 Å². The summed E-state index contributed by atoms with van der Waals surface area (Å²) in [5, 5.41) is 2.37. The fraction of sp³-hybridized carbons (Fsp3) is 0.263. The van der Waals surface area contributed by atoms with Gasteiger partial charge in [0, 0.05) is 0 Å². The zero-order valence-corrected chi connectivity index (χ0v) is 14.7. The molecule has 0 aromatic heterocycles. The molecule has 0 saturated heterocycles. The number of hydrogen-bond donors (Lipinski definition) is 2. The SMILES string of the molecule is Cc1ccc(F)c(C(=O)O[C@@H](C(=O)Nc2ccccc2F)C(C)C)c1N. The van der Waals surface area contributed by atoms with Crippen LogP contribution in [0.2, 0.25) is 0 Å². The smallest absolute Gasteiger partial charge is 0.344 e. The molecule has 5 nitrogen and oxygen atoms in total. The third-order valence-corrected chi connectivity index (χ3v) is 3.85. The minimum atomic E-state index is -1.25. The molecule has 0 spiro atoms. The van der Waals surface area contributed by atoms with E-state index in [0.29, 0.717) is 5.56 Å². The quantitative estimate of drug-likeness (QED) is 0.628. The van der Waals surface area contributed by atoms with E-state index >= 15 is 0 Å². The summed E-state index contributed by atoms with van der Waals surface area (Å²) in [6.45, 7) is 4.92. The Hall–Kier alpha value is -2.96. The van der Waals surface area contributed by atoms with Crippen molar-refractivity contribution in [1.82, 2.24) is 0 Å². The van der Waals surface area contributed by atoms with E-state index in [4.69, 9.17) is 10.5 Å². The van der Waals surface area contributed by atoms with E-state index in [1.165, 1.54) is 24.3 Å². The van der Waals surface area contributed by atoms with Crippen LogP contribution >= 0.6 is 0 Å². The fourth-order valence-corrected chi connectivity index (χ4v) is 2.34. The van der Waals surface area contributed by atoms with Crippen LogP contribution in [0.3, 0.4) is 0 Å². The van der Waals surface area contributed by atoms with E-state index in [1.807, 2.05) is 0 Å². The van der Waals surface area contributed by atoms with Gasteiger partial charge in [0.05, 0.1) is 11.4 Å². The second-order valence-electron chi connectivity index (χ2n) is 6.19. The molecular formula is C19H20F2N2O3. The van der Waals surface area contributed by atoms with Gasteiger partial charge in [-0.3, -0.25) is 4.79 Å². The molecule has 2 aromatic carbocycles. The minimum Gasteiger partial charge on any atom is -0.448 e. The molecule has 0 bridgehead atoms. The van der Waals surface area contributed by atoms with Crippen molar-refractivity contribution in [3.63, 3.8) is 0 Å². The van der Waals surface area contributed by atoms with Gasteiger partial charge in [-0.05, 0) is 36.6 Å². The summed E-state index contributed by atoms with van der Waals surface area (Å²) >= 11 is 0. The van der Waals surface area contributed by atoms with Crippen LogP contribution in [0.5, 0.6) is 0 Å². The molecule has 2 rings (SSSR count). The summed E-state index contributed by atoms with van der Waals surface area (Å²) in [6.07, 6.45) is -1.25. The van der Waals surface area contributed by atoms with Crippen LogP contribution in [0, 0.1) is 24.5 Å². The van der Waals surface area contributed by atoms with Gasteiger partial charge >= 0.3 is 5.97 Å². The van der Waals surface area contributed by atoms with Crippen molar-refractivity contribution in [3.8, 4) is 0 Å². The molecule has 0 heterocycles. The Morgan fingerprint density at radius 2 is 1.73 bits per heavy atom. The Kier molecular flexibility index (Phi) is 5.92. The molecule has 0 aliphatic heterocycles. The number of nitrogens with two attached hydrogens (primary N) is 1. The van der Waals surface area contributed by atoms with Crippen LogP contribution in [-0.2, 0) is 9.53 Å². The number of benzene rings is 2. The number of nitrogen functional groups attached to an aromatic ring is 1. The van der Waals surface area contributed by atoms with Gasteiger partial charge < -0.3 is 15.8 Å². The Balaban J connectivity index is 2.23. The first-order valence-electron chi connectivity index (χ1n) is 8.03. The summed E-state index contributed by atoms with van der Waals surface area (Å²) in [7, 11) is 0. The number of aryl methyl sites for hydroxylation is 1. The topological polar surface area (TPSA) is 81.4 Å². The highest BCUT2D eigenvalue weighted by atomic mass is 19.1. The van der Waals surface area contributed by atoms with Crippen LogP contribution in [0.25, 0.3) is 0 Å². The molecule has 138 valence electrons. The van der Waals surface area contributed by atoms with Crippen LogP contribution in [0.15, 0.2) is 36.4 Å². The largest absolute Gasteiger partial charge is 0.448 e. The molecule has 1 atom stereocenters. The maximum Gasteiger partial charge on any atom is 0.344 e. The molecule has 0 radical (unpaired) electrons. The fourth-order valence-electron chi connectivity index (χ4n) is 2.34. The number of carbonyl (C=O) groups excluding carboxylic acids is 2. The molecule has 0 unspecified atom stereocenters. The maximum atomic E-state index is 14.0. The Bertz CT molecular complexity index is 838. The monoisotopic (exact) mass is 362 g/mol. The van der Waals surface area contributed by atoms with E-state index in [2.05, 4.69) is 5.32 Å². The summed E-state index contributed by atoms with van der Waals surface area (Å²) in [4.78, 5) is 24.8. The van der Waals surface area contributed by atoms with Crippen LogP contribution in [0.4, 0.5) is 20.2 Å². The number of amides is 1. The second-order valence-corrected chi connectivity index (χ2v) is 6.19. The first kappa shape index (κ1) is 19.4. The van der Waals surface area contributed by atoms with Gasteiger partial charge in [0.15, 0.2) is 6.10 Å². The highest BCUT2D eigenvalue weighted by Crippen LogP contribution is 2.23. The molecule has 7 heteroatoms. The average Bonchev–Trinajstić information content (AvgIpc) is 2.58. The molecule has 1 amide bonds. The molecule has 0 aliphatic rings. The molecular weight excluding hydrogens is 342 g/mol. The Labute approximate surface area is 150 Å². The molecule has 26 heavy (non-hydrogen) atoms. The van der Waals surface area contributed by atoms with Crippen molar-refractivity contribution in [2.24, 2.45) is 5.92 Å². The molecule has 3 N–H and O–H groups in total. The average molecular weight is 362 g/mol. The first-order valence-corrected chi connectivity index (χ1v) is 8.03. The number of para-hydroxylation sites is 1. The van der Waals surface area contributed by atoms with Gasteiger partial charge in [-0.1, -0.05) is 32.0 Å². The molecule has 0 fully saturated rings. The maximum absolute atomic E-state index is 14.0. The summed E-state index contributed by atoms with van der Waals surface area (Å²) in [5.41, 5.74) is 5.76. The van der Waals surface area contributed by atoms with E-state index in [1.54, 1.807) is 26.8 Å². The zero-order valence-electron chi connectivity index (χ0n) is 14.7. The van der Waals surface area contributed by atoms with Crippen molar-refractivity contribution in [2.45, 2.75) is 26.9 Å². The normalized spacial score (nSPS) is 11.9. The van der Waals surface area contributed by atoms with Crippen LogP contribution < -0.4 is 11.1 Å². The predicted molar refractivity (Wildman–Crippen MR) is 94.6 cm³/mol. The van der Waals surface area contributed by atoms with Gasteiger partial charge in [0.1, 0.15) is 17.2 Å². The van der Waals surface area contributed by atoms with E-state index in [-0.39, 0.29) is 11.4 Å². The summed E-state index contributed by atoms with van der Waals surface area (Å²) in [5.74, 6) is -3.66. The van der Waals surface area contributed by atoms with Crippen molar-refractivity contribution < 1.29 is 23.1 Å². The molecule has 0 saturated carbocycles. The van der Waals surface area contributed by atoms with Gasteiger partial charge in [0.2, 0.25) is 0 Å². The number of esters is 1. The minimum absolute atomic E-state index is 0.0413.